The molecule has 2 heterocycles. The molecule has 0 saturated heterocycles. The van der Waals surface area contributed by atoms with Crippen molar-refractivity contribution in [3.05, 3.63) is 70.0 Å². The van der Waals surface area contributed by atoms with Gasteiger partial charge in [-0.15, -0.1) is 0 Å². The molecule has 0 radical (unpaired) electrons. The van der Waals surface area contributed by atoms with Crippen molar-refractivity contribution in [1.82, 2.24) is 9.78 Å². The minimum Gasteiger partial charge on any atom is -0.375 e. The highest BCUT2D eigenvalue weighted by molar-refractivity contribution is 5.79. The summed E-state index contributed by atoms with van der Waals surface area (Å²) in [5, 5.41) is 6.51. The maximum absolute atomic E-state index is 12.7. The number of nitrogens with one attached hydrogen (secondary N) is 2. The summed E-state index contributed by atoms with van der Waals surface area (Å²) in [5.74, 6) is 0.478. The Hall–Kier alpha value is -2.75. The van der Waals surface area contributed by atoms with Gasteiger partial charge >= 0.3 is 0 Å². The Bertz CT molecular complexity index is 917. The number of nitrogens with zero attached hydrogens (tertiary/aromatic N) is 1. The average molecular weight is 305 g/mol. The van der Waals surface area contributed by atoms with Crippen molar-refractivity contribution in [2.24, 2.45) is 0 Å². The predicted octanol–water partition coefficient (Wildman–Crippen LogP) is 3.88. The molecule has 3 aromatic rings. The first kappa shape index (κ1) is 13.9. The molecule has 1 aliphatic heterocycles. The fourth-order valence-corrected chi connectivity index (χ4v) is 3.09. The highest BCUT2D eigenvalue weighted by Gasteiger charge is 2.22. The number of fused-ring (bicyclic) bond motifs is 3. The number of aromatic amines is 1. The van der Waals surface area contributed by atoms with Crippen LogP contribution in [0.5, 0.6) is 0 Å². The summed E-state index contributed by atoms with van der Waals surface area (Å²) in [6, 6.07) is 16.3. The molecule has 0 aliphatic carbocycles. The van der Waals surface area contributed by atoms with Gasteiger partial charge in [0.1, 0.15) is 5.69 Å². The number of aromatic nitrogens is 2. The van der Waals surface area contributed by atoms with Crippen LogP contribution in [0.1, 0.15) is 30.9 Å². The summed E-state index contributed by atoms with van der Waals surface area (Å²) in [6.45, 7) is 5.01. The Morgan fingerprint density at radius 2 is 1.78 bits per heavy atom. The van der Waals surface area contributed by atoms with Crippen molar-refractivity contribution in [2.75, 3.05) is 5.32 Å². The fraction of sp³-hybridized carbons (Fsp3) is 0.211. The van der Waals surface area contributed by atoms with E-state index in [4.69, 9.17) is 0 Å². The average Bonchev–Trinajstić information content (AvgIpc) is 2.92. The lowest BCUT2D eigenvalue weighted by Gasteiger charge is -2.16. The molecule has 1 aromatic heterocycles. The molecule has 2 N–H and O–H groups in total. The van der Waals surface area contributed by atoms with Crippen LogP contribution >= 0.6 is 0 Å². The van der Waals surface area contributed by atoms with E-state index in [9.17, 15) is 4.79 Å². The minimum absolute atomic E-state index is 0.0354. The zero-order valence-corrected chi connectivity index (χ0v) is 13.3. The fourth-order valence-electron chi connectivity index (χ4n) is 3.09. The number of H-pyrrole nitrogens is 1. The Kier molecular flexibility index (Phi) is 3.11. The van der Waals surface area contributed by atoms with Crippen LogP contribution < -0.4 is 10.9 Å². The van der Waals surface area contributed by atoms with Crippen LogP contribution in [0.15, 0.2) is 53.3 Å². The molecule has 0 atom stereocenters. The van der Waals surface area contributed by atoms with Crippen LogP contribution in [0.4, 0.5) is 5.69 Å². The monoisotopic (exact) mass is 305 g/mol. The Morgan fingerprint density at radius 1 is 1.04 bits per heavy atom. The maximum Gasteiger partial charge on any atom is 0.295 e. The van der Waals surface area contributed by atoms with E-state index in [0.717, 1.165) is 16.9 Å². The van der Waals surface area contributed by atoms with Crippen molar-refractivity contribution < 1.29 is 0 Å². The van der Waals surface area contributed by atoms with Crippen molar-refractivity contribution in [3.63, 3.8) is 0 Å². The lowest BCUT2D eigenvalue weighted by atomic mass is 10.0. The Balaban J connectivity index is 1.84. The summed E-state index contributed by atoms with van der Waals surface area (Å²) in [4.78, 5) is 12.7. The van der Waals surface area contributed by atoms with Crippen LogP contribution in [-0.4, -0.2) is 9.78 Å². The lowest BCUT2D eigenvalue weighted by Crippen LogP contribution is -2.18. The van der Waals surface area contributed by atoms with Crippen LogP contribution in [0.2, 0.25) is 0 Å². The first-order valence-corrected chi connectivity index (χ1v) is 7.92. The third kappa shape index (κ3) is 2.18. The van der Waals surface area contributed by atoms with Gasteiger partial charge in [-0.2, -0.15) is 0 Å². The standard InChI is InChI=1S/C19H19N3O/c1-12(2)13-7-9-15(10-8-13)22-19(23)18-17(21-22)16-6-4-3-5-14(16)11-20-18/h3-10,12,20-21H,11H2,1-2H3. The van der Waals surface area contributed by atoms with Gasteiger partial charge in [-0.3, -0.25) is 9.89 Å². The molecule has 23 heavy (non-hydrogen) atoms. The van der Waals surface area contributed by atoms with Gasteiger partial charge in [-0.05, 0) is 29.2 Å². The van der Waals surface area contributed by atoms with Crippen molar-refractivity contribution >= 4 is 5.69 Å². The van der Waals surface area contributed by atoms with Gasteiger partial charge in [0, 0.05) is 12.1 Å². The van der Waals surface area contributed by atoms with Gasteiger partial charge in [0.15, 0.2) is 0 Å². The number of hydrogen-bond donors (Lipinski definition) is 2. The Labute approximate surface area is 134 Å². The number of benzene rings is 2. The number of rotatable bonds is 2. The Morgan fingerprint density at radius 3 is 2.52 bits per heavy atom. The normalized spacial score (nSPS) is 12.7. The molecule has 0 bridgehead atoms. The van der Waals surface area contributed by atoms with E-state index < -0.39 is 0 Å². The summed E-state index contributed by atoms with van der Waals surface area (Å²) in [5.41, 5.74) is 5.89. The number of anilines is 1. The van der Waals surface area contributed by atoms with Gasteiger partial charge in [-0.25, -0.2) is 4.68 Å². The van der Waals surface area contributed by atoms with Crippen LogP contribution in [0.3, 0.4) is 0 Å². The van der Waals surface area contributed by atoms with E-state index in [-0.39, 0.29) is 5.56 Å². The van der Waals surface area contributed by atoms with Crippen LogP contribution in [0, 0.1) is 0 Å². The maximum atomic E-state index is 12.7. The predicted molar refractivity (Wildman–Crippen MR) is 93.2 cm³/mol. The van der Waals surface area contributed by atoms with Crippen molar-refractivity contribution in [2.45, 2.75) is 26.3 Å². The molecular formula is C19H19N3O. The highest BCUT2D eigenvalue weighted by atomic mass is 16.1. The second kappa shape index (κ2) is 5.16. The summed E-state index contributed by atoms with van der Waals surface area (Å²) in [6.07, 6.45) is 0. The van der Waals surface area contributed by atoms with E-state index in [2.05, 4.69) is 48.5 Å². The molecular weight excluding hydrogens is 286 g/mol. The molecule has 0 amide bonds. The molecule has 4 nitrogen and oxygen atoms in total. The highest BCUT2D eigenvalue weighted by Crippen LogP contribution is 2.32. The second-order valence-corrected chi connectivity index (χ2v) is 6.26. The molecule has 116 valence electrons. The van der Waals surface area contributed by atoms with Crippen molar-refractivity contribution in [3.8, 4) is 16.9 Å². The van der Waals surface area contributed by atoms with Gasteiger partial charge in [-0.1, -0.05) is 50.2 Å². The van der Waals surface area contributed by atoms with E-state index in [1.54, 1.807) is 4.68 Å². The molecule has 0 spiro atoms. The first-order valence-electron chi connectivity index (χ1n) is 7.92. The van der Waals surface area contributed by atoms with E-state index in [0.29, 0.717) is 18.2 Å². The lowest BCUT2D eigenvalue weighted by molar-refractivity contribution is 0.840. The largest absolute Gasteiger partial charge is 0.375 e. The van der Waals surface area contributed by atoms with Gasteiger partial charge in [0.25, 0.3) is 5.56 Å². The van der Waals surface area contributed by atoms with E-state index in [1.807, 2.05) is 24.3 Å². The van der Waals surface area contributed by atoms with Gasteiger partial charge < -0.3 is 5.32 Å². The van der Waals surface area contributed by atoms with Gasteiger partial charge in [0.05, 0.1) is 11.4 Å². The molecule has 2 aromatic carbocycles. The SMILES string of the molecule is CC(C)c1ccc(-n2[nH]c3c(c2=O)NCc2ccccc2-3)cc1. The topological polar surface area (TPSA) is 49.8 Å². The van der Waals surface area contributed by atoms with Crippen LogP contribution in [-0.2, 0) is 6.54 Å². The summed E-state index contributed by atoms with van der Waals surface area (Å²) >= 11 is 0. The molecule has 1 aliphatic rings. The molecule has 0 unspecified atom stereocenters. The smallest absolute Gasteiger partial charge is 0.295 e. The quantitative estimate of drug-likeness (QED) is 0.755. The first-order chi connectivity index (χ1) is 11.1. The molecule has 4 rings (SSSR count). The zero-order chi connectivity index (χ0) is 16.0. The third-order valence-electron chi connectivity index (χ3n) is 4.45. The summed E-state index contributed by atoms with van der Waals surface area (Å²) in [7, 11) is 0. The minimum atomic E-state index is -0.0354. The van der Waals surface area contributed by atoms with Crippen LogP contribution in [0.25, 0.3) is 16.9 Å². The van der Waals surface area contributed by atoms with E-state index in [1.165, 1.54) is 11.1 Å². The number of hydrogen-bond acceptors (Lipinski definition) is 2. The second-order valence-electron chi connectivity index (χ2n) is 6.26. The van der Waals surface area contributed by atoms with Gasteiger partial charge in [0.2, 0.25) is 0 Å². The molecule has 4 heteroatoms. The molecule has 0 fully saturated rings. The van der Waals surface area contributed by atoms with E-state index >= 15 is 0 Å². The molecule has 0 saturated carbocycles. The summed E-state index contributed by atoms with van der Waals surface area (Å²) < 4.78 is 1.61. The third-order valence-corrected chi connectivity index (χ3v) is 4.45. The zero-order valence-electron chi connectivity index (χ0n) is 13.3. The van der Waals surface area contributed by atoms with Crippen molar-refractivity contribution in [1.29, 1.82) is 0 Å².